The summed E-state index contributed by atoms with van der Waals surface area (Å²) in [5.41, 5.74) is 4.65. The highest BCUT2D eigenvalue weighted by molar-refractivity contribution is 9.10. The van der Waals surface area contributed by atoms with Crippen LogP contribution in [0.5, 0.6) is 0 Å². The summed E-state index contributed by atoms with van der Waals surface area (Å²) in [6.07, 6.45) is 3.15. The van der Waals surface area contributed by atoms with Crippen LogP contribution in [0, 0.1) is 12.7 Å². The van der Waals surface area contributed by atoms with Crippen LogP contribution in [0.15, 0.2) is 40.9 Å². The van der Waals surface area contributed by atoms with Crippen LogP contribution in [0.25, 0.3) is 0 Å². The van der Waals surface area contributed by atoms with Crippen molar-refractivity contribution in [3.05, 3.63) is 63.4 Å². The van der Waals surface area contributed by atoms with Crippen LogP contribution in [0.3, 0.4) is 0 Å². The van der Waals surface area contributed by atoms with Crippen LogP contribution in [0.1, 0.15) is 23.1 Å². The molecule has 1 nitrogen and oxygen atoms in total. The van der Waals surface area contributed by atoms with Gasteiger partial charge >= 0.3 is 0 Å². The molecule has 0 heterocycles. The van der Waals surface area contributed by atoms with Gasteiger partial charge in [0, 0.05) is 16.2 Å². The summed E-state index contributed by atoms with van der Waals surface area (Å²) in [5.74, 6) is -0.173. The molecular weight excluding hydrogens is 317 g/mol. The Bertz CT molecular complexity index is 619. The van der Waals surface area contributed by atoms with Crippen LogP contribution in [-0.2, 0) is 12.8 Å². The number of nitrogens with one attached hydrogen (secondary N) is 1. The lowest BCUT2D eigenvalue weighted by molar-refractivity contribution is 0.606. The molecule has 3 heteroatoms. The molecule has 0 aliphatic heterocycles. The van der Waals surface area contributed by atoms with E-state index in [1.54, 1.807) is 12.1 Å². The van der Waals surface area contributed by atoms with Gasteiger partial charge in [0.25, 0.3) is 0 Å². The number of benzene rings is 2. The summed E-state index contributed by atoms with van der Waals surface area (Å²) in [6, 6.07) is 12.0. The van der Waals surface area contributed by atoms with Crippen molar-refractivity contribution in [2.24, 2.45) is 0 Å². The molecule has 0 amide bonds. The Morgan fingerprint density at radius 3 is 2.80 bits per heavy atom. The van der Waals surface area contributed by atoms with E-state index in [4.69, 9.17) is 0 Å². The maximum absolute atomic E-state index is 13.4. The lowest BCUT2D eigenvalue weighted by Crippen LogP contribution is -2.27. The molecule has 2 aromatic carbocycles. The second kappa shape index (κ2) is 5.57. The van der Waals surface area contributed by atoms with E-state index < -0.39 is 0 Å². The minimum absolute atomic E-state index is 0.173. The number of fused-ring (bicyclic) bond motifs is 1. The first-order chi connectivity index (χ1) is 9.60. The van der Waals surface area contributed by atoms with Gasteiger partial charge in [-0.1, -0.05) is 22.0 Å². The van der Waals surface area contributed by atoms with Crippen molar-refractivity contribution in [3.8, 4) is 0 Å². The van der Waals surface area contributed by atoms with E-state index in [2.05, 4.69) is 39.4 Å². The Labute approximate surface area is 127 Å². The van der Waals surface area contributed by atoms with E-state index in [1.165, 1.54) is 11.1 Å². The minimum Gasteiger partial charge on any atom is -0.382 e. The SMILES string of the molecule is Cc1cc(F)cc(NC2CCc3cc(Br)ccc3C2)c1. The van der Waals surface area contributed by atoms with Gasteiger partial charge in [-0.15, -0.1) is 0 Å². The van der Waals surface area contributed by atoms with Crippen molar-refractivity contribution in [2.75, 3.05) is 5.32 Å². The molecule has 0 radical (unpaired) electrons. The first kappa shape index (κ1) is 13.6. The minimum atomic E-state index is -0.173. The van der Waals surface area contributed by atoms with E-state index in [-0.39, 0.29) is 5.82 Å². The average molecular weight is 334 g/mol. The second-order valence-electron chi connectivity index (χ2n) is 5.51. The molecule has 104 valence electrons. The molecular formula is C17H17BrFN. The Balaban J connectivity index is 1.75. The molecule has 0 spiro atoms. The second-order valence-corrected chi connectivity index (χ2v) is 6.43. The standard InChI is InChI=1S/C17H17BrFN/c1-11-6-15(19)10-17(7-11)20-16-5-3-12-8-14(18)4-2-13(12)9-16/h2,4,6-8,10,16,20H,3,5,9H2,1H3. The molecule has 0 saturated heterocycles. The highest BCUT2D eigenvalue weighted by Gasteiger charge is 2.18. The number of aryl methyl sites for hydroxylation is 2. The first-order valence-corrected chi connectivity index (χ1v) is 7.70. The molecule has 3 rings (SSSR count). The smallest absolute Gasteiger partial charge is 0.125 e. The third-order valence-corrected chi connectivity index (χ3v) is 4.30. The summed E-state index contributed by atoms with van der Waals surface area (Å²) in [6.45, 7) is 1.92. The van der Waals surface area contributed by atoms with Gasteiger partial charge in [-0.25, -0.2) is 4.39 Å². The van der Waals surface area contributed by atoms with Crippen LogP contribution >= 0.6 is 15.9 Å². The molecule has 0 fully saturated rings. The Hall–Kier alpha value is -1.35. The lowest BCUT2D eigenvalue weighted by atomic mass is 9.88. The van der Waals surface area contributed by atoms with Crippen molar-refractivity contribution in [3.63, 3.8) is 0 Å². The number of rotatable bonds is 2. The largest absolute Gasteiger partial charge is 0.382 e. The monoisotopic (exact) mass is 333 g/mol. The zero-order chi connectivity index (χ0) is 14.1. The maximum atomic E-state index is 13.4. The van der Waals surface area contributed by atoms with E-state index in [1.807, 2.05) is 13.0 Å². The predicted molar refractivity (Wildman–Crippen MR) is 84.7 cm³/mol. The molecule has 1 N–H and O–H groups in total. The highest BCUT2D eigenvalue weighted by Crippen LogP contribution is 2.27. The van der Waals surface area contributed by atoms with Crippen molar-refractivity contribution in [1.82, 2.24) is 0 Å². The number of anilines is 1. The van der Waals surface area contributed by atoms with Crippen LogP contribution < -0.4 is 5.32 Å². The molecule has 0 saturated carbocycles. The molecule has 2 aromatic rings. The topological polar surface area (TPSA) is 12.0 Å². The fourth-order valence-electron chi connectivity index (χ4n) is 2.90. The Morgan fingerprint density at radius 1 is 1.15 bits per heavy atom. The lowest BCUT2D eigenvalue weighted by Gasteiger charge is -2.26. The van der Waals surface area contributed by atoms with Crippen molar-refractivity contribution >= 4 is 21.6 Å². The number of hydrogen-bond acceptors (Lipinski definition) is 1. The molecule has 1 atom stereocenters. The van der Waals surface area contributed by atoms with Crippen LogP contribution in [-0.4, -0.2) is 6.04 Å². The summed E-state index contributed by atoms with van der Waals surface area (Å²) in [4.78, 5) is 0. The van der Waals surface area contributed by atoms with E-state index in [0.29, 0.717) is 6.04 Å². The fourth-order valence-corrected chi connectivity index (χ4v) is 3.31. The van der Waals surface area contributed by atoms with Crippen molar-refractivity contribution < 1.29 is 4.39 Å². The van der Waals surface area contributed by atoms with Crippen LogP contribution in [0.2, 0.25) is 0 Å². The van der Waals surface area contributed by atoms with Gasteiger partial charge in [-0.2, -0.15) is 0 Å². The summed E-state index contributed by atoms with van der Waals surface area (Å²) < 4.78 is 14.6. The molecule has 1 unspecified atom stereocenters. The highest BCUT2D eigenvalue weighted by atomic mass is 79.9. The van der Waals surface area contributed by atoms with Gasteiger partial charge in [0.05, 0.1) is 0 Å². The van der Waals surface area contributed by atoms with E-state index in [0.717, 1.165) is 35.0 Å². The number of halogens is 2. The average Bonchev–Trinajstić information content (AvgIpc) is 2.38. The normalized spacial score (nSPS) is 17.6. The quantitative estimate of drug-likeness (QED) is 0.826. The summed E-state index contributed by atoms with van der Waals surface area (Å²) >= 11 is 3.52. The molecule has 0 bridgehead atoms. The van der Waals surface area contributed by atoms with Gasteiger partial charge in [-0.05, 0) is 73.2 Å². The first-order valence-electron chi connectivity index (χ1n) is 6.91. The zero-order valence-corrected chi connectivity index (χ0v) is 13.0. The molecule has 20 heavy (non-hydrogen) atoms. The van der Waals surface area contributed by atoms with Gasteiger partial charge in [-0.3, -0.25) is 0 Å². The molecule has 0 aromatic heterocycles. The van der Waals surface area contributed by atoms with E-state index >= 15 is 0 Å². The third-order valence-electron chi connectivity index (χ3n) is 3.81. The summed E-state index contributed by atoms with van der Waals surface area (Å²) in [5, 5.41) is 3.47. The predicted octanol–water partition coefficient (Wildman–Crippen LogP) is 4.87. The van der Waals surface area contributed by atoms with Crippen molar-refractivity contribution in [1.29, 1.82) is 0 Å². The Morgan fingerprint density at radius 2 is 2.00 bits per heavy atom. The summed E-state index contributed by atoms with van der Waals surface area (Å²) in [7, 11) is 0. The fraction of sp³-hybridized carbons (Fsp3) is 0.294. The number of hydrogen-bond donors (Lipinski definition) is 1. The third kappa shape index (κ3) is 3.04. The maximum Gasteiger partial charge on any atom is 0.125 e. The van der Waals surface area contributed by atoms with Gasteiger partial charge in [0.2, 0.25) is 0 Å². The van der Waals surface area contributed by atoms with Crippen molar-refractivity contribution in [2.45, 2.75) is 32.2 Å². The van der Waals surface area contributed by atoms with Crippen LogP contribution in [0.4, 0.5) is 10.1 Å². The van der Waals surface area contributed by atoms with Gasteiger partial charge in [0.15, 0.2) is 0 Å². The molecule has 1 aliphatic rings. The Kier molecular flexibility index (Phi) is 3.79. The van der Waals surface area contributed by atoms with Gasteiger partial charge < -0.3 is 5.32 Å². The van der Waals surface area contributed by atoms with E-state index in [9.17, 15) is 4.39 Å². The van der Waals surface area contributed by atoms with Gasteiger partial charge in [0.1, 0.15) is 5.82 Å². The zero-order valence-electron chi connectivity index (χ0n) is 11.4. The molecule has 1 aliphatic carbocycles.